The molecule has 1 saturated carbocycles. The molecule has 32 heavy (non-hydrogen) atoms. The maximum absolute atomic E-state index is 13.4. The molecule has 2 aromatic carbocycles. The Balaban J connectivity index is 1.33. The number of ether oxygens (including phenoxy) is 2. The van der Waals surface area contributed by atoms with Crippen molar-refractivity contribution in [3.05, 3.63) is 69.1 Å². The zero-order valence-electron chi connectivity index (χ0n) is 17.2. The Morgan fingerprint density at radius 3 is 2.53 bits per heavy atom. The van der Waals surface area contributed by atoms with Gasteiger partial charge in [-0.3, -0.25) is 9.59 Å². The average Bonchev–Trinajstić information content (AvgIpc) is 3.45. The van der Waals surface area contributed by atoms with E-state index in [-0.39, 0.29) is 47.9 Å². The lowest BCUT2D eigenvalue weighted by molar-refractivity contribution is -0.140. The van der Waals surface area contributed by atoms with Crippen LogP contribution in [0.1, 0.15) is 17.5 Å². The molecule has 5 rings (SSSR count). The van der Waals surface area contributed by atoms with Crippen molar-refractivity contribution in [3.8, 4) is 11.5 Å². The van der Waals surface area contributed by atoms with E-state index in [1.165, 1.54) is 25.5 Å². The summed E-state index contributed by atoms with van der Waals surface area (Å²) in [7, 11) is 1.53. The van der Waals surface area contributed by atoms with Crippen LogP contribution in [0.2, 0.25) is 0 Å². The van der Waals surface area contributed by atoms with Crippen molar-refractivity contribution < 1.29 is 23.5 Å². The van der Waals surface area contributed by atoms with E-state index in [1.807, 2.05) is 6.07 Å². The number of hydrazone groups is 1. The van der Waals surface area contributed by atoms with Gasteiger partial charge in [-0.1, -0.05) is 24.3 Å². The molecule has 4 atom stereocenters. The number of hydrogen-bond donors (Lipinski definition) is 0. The van der Waals surface area contributed by atoms with Crippen LogP contribution < -0.4 is 9.47 Å². The highest BCUT2D eigenvalue weighted by molar-refractivity contribution is 14.1. The van der Waals surface area contributed by atoms with Gasteiger partial charge in [0.2, 0.25) is 0 Å². The lowest BCUT2D eigenvalue weighted by Crippen LogP contribution is -2.28. The molecule has 3 aliphatic rings. The van der Waals surface area contributed by atoms with Crippen LogP contribution in [0.3, 0.4) is 0 Å². The van der Waals surface area contributed by atoms with Crippen molar-refractivity contribution in [3.63, 3.8) is 0 Å². The zero-order valence-corrected chi connectivity index (χ0v) is 19.4. The number of carbonyl (C=O) groups excluding carboxylic acids is 2. The second-order valence-corrected chi connectivity index (χ2v) is 9.35. The van der Waals surface area contributed by atoms with Gasteiger partial charge in [-0.2, -0.15) is 10.1 Å². The minimum atomic E-state index is -0.321. The third kappa shape index (κ3) is 3.60. The van der Waals surface area contributed by atoms with Gasteiger partial charge >= 0.3 is 0 Å². The van der Waals surface area contributed by atoms with Crippen molar-refractivity contribution in [1.82, 2.24) is 5.01 Å². The van der Waals surface area contributed by atoms with Crippen LogP contribution in [0.5, 0.6) is 11.5 Å². The van der Waals surface area contributed by atoms with Gasteiger partial charge in [-0.15, -0.1) is 0 Å². The number of halogens is 2. The summed E-state index contributed by atoms with van der Waals surface area (Å²) in [6.07, 6.45) is 6.49. The molecule has 0 N–H and O–H groups in total. The molecule has 0 spiro atoms. The zero-order chi connectivity index (χ0) is 22.4. The van der Waals surface area contributed by atoms with Gasteiger partial charge in [0.05, 0.1) is 28.7 Å². The second kappa shape index (κ2) is 8.31. The molecule has 1 aliphatic heterocycles. The summed E-state index contributed by atoms with van der Waals surface area (Å²) in [6.45, 7) is 0.188. The highest BCUT2D eigenvalue weighted by Crippen LogP contribution is 2.52. The normalized spacial score (nSPS) is 25.8. The van der Waals surface area contributed by atoms with Gasteiger partial charge in [0.1, 0.15) is 12.4 Å². The summed E-state index contributed by atoms with van der Waals surface area (Å²) in [4.78, 5) is 25.6. The smallest absolute Gasteiger partial charge is 0.254 e. The van der Waals surface area contributed by atoms with Gasteiger partial charge in [0.15, 0.2) is 11.5 Å². The molecule has 0 aromatic heterocycles. The van der Waals surface area contributed by atoms with E-state index in [2.05, 4.69) is 39.8 Å². The molecule has 1 saturated heterocycles. The Kier molecular flexibility index (Phi) is 5.48. The predicted molar refractivity (Wildman–Crippen MR) is 124 cm³/mol. The number of imide groups is 1. The summed E-state index contributed by atoms with van der Waals surface area (Å²) in [6, 6.07) is 9.76. The van der Waals surface area contributed by atoms with Gasteiger partial charge < -0.3 is 9.47 Å². The number of fused-ring (bicyclic) bond motifs is 5. The molecule has 2 fully saturated rings. The summed E-state index contributed by atoms with van der Waals surface area (Å²) < 4.78 is 25.5. The van der Waals surface area contributed by atoms with E-state index in [9.17, 15) is 14.0 Å². The van der Waals surface area contributed by atoms with E-state index >= 15 is 0 Å². The monoisotopic (exact) mass is 546 g/mol. The van der Waals surface area contributed by atoms with Crippen LogP contribution in [0, 0.1) is 33.1 Å². The molecule has 2 aliphatic carbocycles. The van der Waals surface area contributed by atoms with Crippen LogP contribution in [0.4, 0.5) is 4.39 Å². The Hall–Kier alpha value is -2.75. The van der Waals surface area contributed by atoms with E-state index in [0.29, 0.717) is 22.6 Å². The fourth-order valence-corrected chi connectivity index (χ4v) is 5.64. The first-order valence-electron chi connectivity index (χ1n) is 10.3. The molecule has 2 aromatic rings. The van der Waals surface area contributed by atoms with Crippen LogP contribution in [-0.2, 0) is 16.2 Å². The minimum Gasteiger partial charge on any atom is -0.493 e. The number of nitrogens with zero attached hydrogens (tertiary/aromatic N) is 2. The highest BCUT2D eigenvalue weighted by Gasteiger charge is 2.59. The first-order valence-corrected chi connectivity index (χ1v) is 11.4. The summed E-state index contributed by atoms with van der Waals surface area (Å²) in [5.41, 5.74) is 1.37. The summed E-state index contributed by atoms with van der Waals surface area (Å²) in [5, 5.41) is 5.25. The van der Waals surface area contributed by atoms with Crippen molar-refractivity contribution in [2.24, 2.45) is 28.8 Å². The maximum Gasteiger partial charge on any atom is 0.254 e. The fraction of sp³-hybridized carbons (Fsp3) is 0.292. The topological polar surface area (TPSA) is 68.2 Å². The molecule has 2 bridgehead atoms. The van der Waals surface area contributed by atoms with E-state index in [4.69, 9.17) is 9.47 Å². The third-order valence-electron chi connectivity index (χ3n) is 6.29. The number of methoxy groups -OCH3 is 1. The molecule has 6 nitrogen and oxygen atoms in total. The van der Waals surface area contributed by atoms with Crippen molar-refractivity contribution in [2.45, 2.75) is 13.0 Å². The molecular formula is C24H20FIN2O4. The number of rotatable bonds is 6. The average molecular weight is 546 g/mol. The van der Waals surface area contributed by atoms with Gasteiger partial charge in [-0.05, 0) is 76.2 Å². The Bertz CT molecular complexity index is 1130. The molecule has 8 heteroatoms. The van der Waals surface area contributed by atoms with Crippen molar-refractivity contribution in [2.75, 3.05) is 7.11 Å². The van der Waals surface area contributed by atoms with Crippen LogP contribution >= 0.6 is 22.6 Å². The standard InChI is InChI=1S/C24H20FIN2O4/c1-31-19-9-14(8-18(26)22(19)32-12-13-3-2-4-17(25)7-13)11-27-28-23(29)20-15-5-6-16(10-15)21(20)24(28)30/h2-9,11,15-16,20-21H,10,12H2,1H3/t15-,16-,20-,21+/m0/s1. The van der Waals surface area contributed by atoms with Gasteiger partial charge in [-0.25, -0.2) is 4.39 Å². The molecule has 164 valence electrons. The quantitative estimate of drug-likeness (QED) is 0.236. The van der Waals surface area contributed by atoms with Crippen molar-refractivity contribution >= 4 is 40.6 Å². The van der Waals surface area contributed by atoms with Crippen LogP contribution in [-0.4, -0.2) is 30.1 Å². The SMILES string of the molecule is COc1cc(C=NN2C(=O)[C@@H]3[C@H](C2=O)[C@H]2C=C[C@H]3C2)cc(I)c1OCc1cccc(F)c1. The predicted octanol–water partition coefficient (Wildman–Crippen LogP) is 4.16. The maximum atomic E-state index is 13.4. The number of benzene rings is 2. The summed E-state index contributed by atoms with van der Waals surface area (Å²) >= 11 is 2.12. The number of hydrogen-bond acceptors (Lipinski definition) is 5. The van der Waals surface area contributed by atoms with Crippen molar-refractivity contribution in [1.29, 1.82) is 0 Å². The van der Waals surface area contributed by atoms with E-state index < -0.39 is 0 Å². The molecular weight excluding hydrogens is 526 g/mol. The van der Waals surface area contributed by atoms with Crippen LogP contribution in [0.15, 0.2) is 53.7 Å². The lowest BCUT2D eigenvalue weighted by Gasteiger charge is -2.14. The Morgan fingerprint density at radius 1 is 1.16 bits per heavy atom. The van der Waals surface area contributed by atoms with Gasteiger partial charge in [0, 0.05) is 0 Å². The third-order valence-corrected chi connectivity index (χ3v) is 7.09. The van der Waals surface area contributed by atoms with Gasteiger partial charge in [0.25, 0.3) is 11.8 Å². The van der Waals surface area contributed by atoms with E-state index in [0.717, 1.165) is 15.0 Å². The van der Waals surface area contributed by atoms with E-state index in [1.54, 1.807) is 18.2 Å². The number of allylic oxidation sites excluding steroid dienone is 2. The molecule has 1 heterocycles. The minimum absolute atomic E-state index is 0.150. The Morgan fingerprint density at radius 2 is 1.88 bits per heavy atom. The molecule has 2 amide bonds. The summed E-state index contributed by atoms with van der Waals surface area (Å²) in [5.74, 6) is 0.00102. The van der Waals surface area contributed by atoms with Crippen LogP contribution in [0.25, 0.3) is 0 Å². The number of amides is 2. The largest absolute Gasteiger partial charge is 0.493 e. The number of carbonyl (C=O) groups is 2. The first kappa shape index (κ1) is 21.1. The first-order chi connectivity index (χ1) is 15.5. The second-order valence-electron chi connectivity index (χ2n) is 8.19. The molecule has 0 radical (unpaired) electrons. The highest BCUT2D eigenvalue weighted by atomic mass is 127. The lowest BCUT2D eigenvalue weighted by atomic mass is 9.85. The Labute approximate surface area is 198 Å². The fourth-order valence-electron chi connectivity index (χ4n) is 4.86. The molecule has 0 unspecified atom stereocenters.